The zero-order valence-electron chi connectivity index (χ0n) is 11.5. The van der Waals surface area contributed by atoms with Gasteiger partial charge < -0.3 is 15.1 Å². The van der Waals surface area contributed by atoms with Crippen LogP contribution in [0.5, 0.6) is 0 Å². The Morgan fingerprint density at radius 1 is 1.50 bits per heavy atom. The number of amides is 1. The van der Waals surface area contributed by atoms with Gasteiger partial charge in [0, 0.05) is 25.5 Å². The third-order valence-electron chi connectivity index (χ3n) is 3.48. The van der Waals surface area contributed by atoms with Gasteiger partial charge in [0.2, 0.25) is 0 Å². The molecule has 0 bridgehead atoms. The van der Waals surface area contributed by atoms with Crippen LogP contribution in [-0.2, 0) is 0 Å². The van der Waals surface area contributed by atoms with Crippen molar-refractivity contribution in [2.45, 2.75) is 25.4 Å². The number of piperidine rings is 1. The summed E-state index contributed by atoms with van der Waals surface area (Å²) < 4.78 is 0. The first-order valence-corrected chi connectivity index (χ1v) is 6.59. The van der Waals surface area contributed by atoms with E-state index in [1.807, 2.05) is 0 Å². The van der Waals surface area contributed by atoms with Gasteiger partial charge in [-0.3, -0.25) is 9.78 Å². The summed E-state index contributed by atoms with van der Waals surface area (Å²) in [5.41, 5.74) is 0.320. The fraction of sp³-hybridized carbons (Fsp3) is 0.467. The van der Waals surface area contributed by atoms with E-state index in [1.165, 1.54) is 6.20 Å². The largest absolute Gasteiger partial charge is 0.390 e. The molecular weight excluding hydrogens is 256 g/mol. The van der Waals surface area contributed by atoms with E-state index < -0.39 is 5.60 Å². The molecule has 1 fully saturated rings. The van der Waals surface area contributed by atoms with Crippen molar-refractivity contribution in [2.75, 3.05) is 19.7 Å². The first-order valence-electron chi connectivity index (χ1n) is 6.59. The molecule has 1 aromatic heterocycles. The van der Waals surface area contributed by atoms with Gasteiger partial charge in [-0.25, -0.2) is 0 Å². The molecule has 2 N–H and O–H groups in total. The van der Waals surface area contributed by atoms with E-state index in [0.717, 1.165) is 0 Å². The number of hydrogen-bond donors (Lipinski definition) is 2. The number of aliphatic hydroxyl groups is 2. The Bertz CT molecular complexity index is 548. The van der Waals surface area contributed by atoms with Crippen molar-refractivity contribution in [1.29, 1.82) is 0 Å². The van der Waals surface area contributed by atoms with Crippen molar-refractivity contribution >= 4 is 5.91 Å². The van der Waals surface area contributed by atoms with Gasteiger partial charge in [-0.2, -0.15) is 0 Å². The molecule has 0 aliphatic carbocycles. The summed E-state index contributed by atoms with van der Waals surface area (Å²) in [6.45, 7) is 2.59. The number of likely N-dealkylation sites (tertiary alicyclic amines) is 1. The minimum atomic E-state index is -0.686. The molecule has 0 unspecified atom stereocenters. The summed E-state index contributed by atoms with van der Waals surface area (Å²) in [7, 11) is 0. The molecule has 1 aliphatic rings. The van der Waals surface area contributed by atoms with E-state index in [1.54, 1.807) is 24.1 Å². The molecule has 1 aromatic rings. The van der Waals surface area contributed by atoms with Crippen LogP contribution in [-0.4, -0.2) is 51.3 Å². The summed E-state index contributed by atoms with van der Waals surface area (Å²) in [6.07, 6.45) is 4.22. The molecule has 0 radical (unpaired) electrons. The minimum absolute atomic E-state index is 0.106. The highest BCUT2D eigenvalue weighted by Gasteiger charge is 2.30. The number of rotatable bonds is 1. The molecular formula is C15H18N2O3. The number of pyridine rings is 1. The summed E-state index contributed by atoms with van der Waals surface area (Å²) in [5, 5.41) is 18.7. The third kappa shape index (κ3) is 3.35. The minimum Gasteiger partial charge on any atom is -0.390 e. The number of aromatic nitrogens is 1. The van der Waals surface area contributed by atoms with Crippen LogP contribution < -0.4 is 0 Å². The van der Waals surface area contributed by atoms with E-state index in [0.29, 0.717) is 37.1 Å². The molecule has 5 heteroatoms. The standard InChI is InChI=1S/C15H18N2O3/c1-15(20)5-8-17(9-6-15)14(19)13-4-7-16-11-12(13)3-2-10-18/h4,7,11,18,20H,5-6,8-10H2,1H3. The van der Waals surface area contributed by atoms with Gasteiger partial charge in [0.05, 0.1) is 16.7 Å². The van der Waals surface area contributed by atoms with Gasteiger partial charge in [-0.1, -0.05) is 11.8 Å². The second-order valence-corrected chi connectivity index (χ2v) is 5.17. The smallest absolute Gasteiger partial charge is 0.255 e. The molecule has 0 spiro atoms. The zero-order chi connectivity index (χ0) is 14.6. The maximum Gasteiger partial charge on any atom is 0.255 e. The second-order valence-electron chi connectivity index (χ2n) is 5.17. The number of hydrogen-bond acceptors (Lipinski definition) is 4. The molecule has 1 saturated heterocycles. The van der Waals surface area contributed by atoms with Crippen LogP contribution in [0.2, 0.25) is 0 Å². The molecule has 5 nitrogen and oxygen atoms in total. The highest BCUT2D eigenvalue weighted by molar-refractivity contribution is 5.96. The molecule has 0 saturated carbocycles. The normalized spacial score (nSPS) is 17.2. The van der Waals surface area contributed by atoms with Crippen molar-refractivity contribution < 1.29 is 15.0 Å². The van der Waals surface area contributed by atoms with Crippen LogP contribution in [0.15, 0.2) is 18.5 Å². The first-order chi connectivity index (χ1) is 9.53. The van der Waals surface area contributed by atoms with E-state index in [-0.39, 0.29) is 12.5 Å². The Kier molecular flexibility index (Phi) is 4.38. The van der Waals surface area contributed by atoms with Crippen LogP contribution in [0.1, 0.15) is 35.7 Å². The molecule has 106 valence electrons. The second kappa shape index (κ2) is 6.04. The molecule has 2 rings (SSSR count). The Morgan fingerprint density at radius 2 is 2.20 bits per heavy atom. The molecule has 2 heterocycles. The Balaban J connectivity index is 2.18. The first kappa shape index (κ1) is 14.5. The fourth-order valence-electron chi connectivity index (χ4n) is 2.18. The lowest BCUT2D eigenvalue weighted by molar-refractivity contribution is -0.00203. The maximum atomic E-state index is 12.5. The van der Waals surface area contributed by atoms with Gasteiger partial charge in [0.15, 0.2) is 0 Å². The number of carbonyl (C=O) groups is 1. The monoisotopic (exact) mass is 274 g/mol. The average Bonchev–Trinajstić information content (AvgIpc) is 2.45. The highest BCUT2D eigenvalue weighted by Crippen LogP contribution is 2.22. The molecule has 20 heavy (non-hydrogen) atoms. The predicted molar refractivity (Wildman–Crippen MR) is 74.0 cm³/mol. The SMILES string of the molecule is CC1(O)CCN(C(=O)c2ccncc2C#CCO)CC1. The Labute approximate surface area is 118 Å². The van der Waals surface area contributed by atoms with Crippen LogP contribution in [0.4, 0.5) is 0 Å². The van der Waals surface area contributed by atoms with E-state index >= 15 is 0 Å². The zero-order valence-corrected chi connectivity index (χ0v) is 11.5. The average molecular weight is 274 g/mol. The lowest BCUT2D eigenvalue weighted by Crippen LogP contribution is -2.45. The molecule has 0 aromatic carbocycles. The summed E-state index contributed by atoms with van der Waals surface area (Å²) in [5.74, 6) is 5.16. The van der Waals surface area contributed by atoms with E-state index in [2.05, 4.69) is 16.8 Å². The summed E-state index contributed by atoms with van der Waals surface area (Å²) in [6, 6.07) is 1.64. The molecule has 1 amide bonds. The number of aliphatic hydroxyl groups excluding tert-OH is 1. The Hall–Kier alpha value is -1.90. The van der Waals surface area contributed by atoms with Crippen molar-refractivity contribution in [1.82, 2.24) is 9.88 Å². The number of carbonyl (C=O) groups excluding carboxylic acids is 1. The van der Waals surface area contributed by atoms with E-state index in [4.69, 9.17) is 5.11 Å². The fourth-order valence-corrected chi connectivity index (χ4v) is 2.18. The topological polar surface area (TPSA) is 73.7 Å². The summed E-state index contributed by atoms with van der Waals surface area (Å²) >= 11 is 0. The third-order valence-corrected chi connectivity index (χ3v) is 3.48. The quantitative estimate of drug-likeness (QED) is 0.728. The van der Waals surface area contributed by atoms with Gasteiger partial charge in [-0.15, -0.1) is 0 Å². The van der Waals surface area contributed by atoms with Gasteiger partial charge in [-0.05, 0) is 25.8 Å². The van der Waals surface area contributed by atoms with Gasteiger partial charge >= 0.3 is 0 Å². The van der Waals surface area contributed by atoms with Gasteiger partial charge in [0.25, 0.3) is 5.91 Å². The van der Waals surface area contributed by atoms with Gasteiger partial charge in [0.1, 0.15) is 6.61 Å². The van der Waals surface area contributed by atoms with Crippen LogP contribution >= 0.6 is 0 Å². The van der Waals surface area contributed by atoms with Crippen LogP contribution in [0.25, 0.3) is 0 Å². The van der Waals surface area contributed by atoms with Crippen molar-refractivity contribution in [2.24, 2.45) is 0 Å². The van der Waals surface area contributed by atoms with Crippen molar-refractivity contribution in [3.63, 3.8) is 0 Å². The Morgan fingerprint density at radius 3 is 2.85 bits per heavy atom. The molecule has 1 aliphatic heterocycles. The van der Waals surface area contributed by atoms with E-state index in [9.17, 15) is 9.90 Å². The lowest BCUT2D eigenvalue weighted by Gasteiger charge is -2.35. The predicted octanol–water partition coefficient (Wildman–Crippen LogP) is 0.412. The van der Waals surface area contributed by atoms with Crippen molar-refractivity contribution in [3.8, 4) is 11.8 Å². The lowest BCUT2D eigenvalue weighted by atomic mass is 9.93. The number of nitrogens with zero attached hydrogens (tertiary/aromatic N) is 2. The van der Waals surface area contributed by atoms with Crippen LogP contribution in [0.3, 0.4) is 0 Å². The molecule has 0 atom stereocenters. The summed E-state index contributed by atoms with van der Waals surface area (Å²) in [4.78, 5) is 18.2. The van der Waals surface area contributed by atoms with Crippen LogP contribution in [0, 0.1) is 11.8 Å². The highest BCUT2D eigenvalue weighted by atomic mass is 16.3. The maximum absolute atomic E-state index is 12.5. The van der Waals surface area contributed by atoms with Crippen molar-refractivity contribution in [3.05, 3.63) is 29.6 Å².